The summed E-state index contributed by atoms with van der Waals surface area (Å²) in [7, 11) is 1.67. The Morgan fingerprint density at radius 3 is 2.79 bits per heavy atom. The fourth-order valence-corrected chi connectivity index (χ4v) is 4.96. The Labute approximate surface area is 199 Å². The number of ether oxygens (including phenoxy) is 2. The van der Waals surface area contributed by atoms with Crippen molar-refractivity contribution in [1.82, 2.24) is 20.1 Å². The van der Waals surface area contributed by atoms with E-state index in [1.165, 1.54) is 11.3 Å². The van der Waals surface area contributed by atoms with E-state index in [1.54, 1.807) is 20.2 Å². The highest BCUT2D eigenvalue weighted by Crippen LogP contribution is 2.40. The quantitative estimate of drug-likeness (QED) is 0.389. The molecular weight excluding hydrogens is 456 g/mol. The second kappa shape index (κ2) is 9.09. The lowest BCUT2D eigenvalue weighted by Crippen LogP contribution is -2.48. The zero-order valence-electron chi connectivity index (χ0n) is 19.0. The van der Waals surface area contributed by atoms with E-state index in [0.29, 0.717) is 42.4 Å². The molecule has 2 N–H and O–H groups in total. The predicted octanol–water partition coefficient (Wildman–Crippen LogP) is 3.67. The molecule has 0 radical (unpaired) electrons. The Balaban J connectivity index is 1.23. The van der Waals surface area contributed by atoms with E-state index in [2.05, 4.69) is 30.7 Å². The van der Waals surface area contributed by atoms with Crippen LogP contribution in [0, 0.1) is 13.8 Å². The maximum atomic E-state index is 12.5. The lowest BCUT2D eigenvalue weighted by Gasteiger charge is -2.39. The number of pyridine rings is 1. The van der Waals surface area contributed by atoms with Gasteiger partial charge < -0.3 is 24.6 Å². The number of anilines is 2. The molecule has 1 fully saturated rings. The molecule has 5 rings (SSSR count). The normalized spacial score (nSPS) is 14.7. The van der Waals surface area contributed by atoms with Crippen LogP contribution in [0.2, 0.25) is 0 Å². The third-order valence-electron chi connectivity index (χ3n) is 5.71. The molecule has 10 nitrogen and oxygen atoms in total. The number of nitrogens with zero attached hydrogens (tertiary/aromatic N) is 4. The number of amides is 1. The SMILES string of the molecule is COC1(c2sc(NC(=O)CCNc3nccc4ccc(-c5noc(C)n5)cc34)nc2C)COC1. The second-order valence-electron chi connectivity index (χ2n) is 8.08. The minimum Gasteiger partial charge on any atom is -0.374 e. The van der Waals surface area contributed by atoms with E-state index in [0.717, 1.165) is 26.9 Å². The Kier molecular flexibility index (Phi) is 5.98. The van der Waals surface area contributed by atoms with Crippen LogP contribution in [0.15, 0.2) is 35.0 Å². The number of fused-ring (bicyclic) bond motifs is 1. The highest BCUT2D eigenvalue weighted by Gasteiger charge is 2.43. The van der Waals surface area contributed by atoms with Crippen molar-refractivity contribution in [1.29, 1.82) is 0 Å². The van der Waals surface area contributed by atoms with Gasteiger partial charge in [0.15, 0.2) is 10.7 Å². The summed E-state index contributed by atoms with van der Waals surface area (Å²) in [6.45, 7) is 5.07. The summed E-state index contributed by atoms with van der Waals surface area (Å²) < 4.78 is 16.1. The van der Waals surface area contributed by atoms with Gasteiger partial charge in [-0.1, -0.05) is 28.6 Å². The van der Waals surface area contributed by atoms with Gasteiger partial charge in [0.1, 0.15) is 5.82 Å². The van der Waals surface area contributed by atoms with Crippen molar-refractivity contribution in [2.75, 3.05) is 37.5 Å². The van der Waals surface area contributed by atoms with Crippen LogP contribution in [0.5, 0.6) is 0 Å². The average Bonchev–Trinajstić information content (AvgIpc) is 3.39. The van der Waals surface area contributed by atoms with Crippen molar-refractivity contribution >= 4 is 39.0 Å². The number of methoxy groups -OCH3 is 1. The van der Waals surface area contributed by atoms with E-state index in [1.807, 2.05) is 31.2 Å². The Morgan fingerprint density at radius 2 is 2.09 bits per heavy atom. The topological polar surface area (TPSA) is 124 Å². The number of thiazole rings is 1. The van der Waals surface area contributed by atoms with Crippen LogP contribution < -0.4 is 10.6 Å². The molecule has 3 aromatic heterocycles. The number of hydrogen-bond donors (Lipinski definition) is 2. The smallest absolute Gasteiger partial charge is 0.227 e. The van der Waals surface area contributed by atoms with Crippen molar-refractivity contribution in [3.05, 3.63) is 46.9 Å². The first kappa shape index (κ1) is 22.4. The third-order valence-corrected chi connectivity index (χ3v) is 6.97. The first-order chi connectivity index (χ1) is 16.5. The maximum Gasteiger partial charge on any atom is 0.227 e. The summed E-state index contributed by atoms with van der Waals surface area (Å²) in [5, 5.41) is 12.6. The monoisotopic (exact) mass is 480 g/mol. The first-order valence-corrected chi connectivity index (χ1v) is 11.6. The van der Waals surface area contributed by atoms with Crippen molar-refractivity contribution in [3.8, 4) is 11.4 Å². The molecule has 1 saturated heterocycles. The first-order valence-electron chi connectivity index (χ1n) is 10.8. The third kappa shape index (κ3) is 4.25. The molecule has 0 saturated carbocycles. The summed E-state index contributed by atoms with van der Waals surface area (Å²) in [6.07, 6.45) is 1.99. The van der Waals surface area contributed by atoms with E-state index < -0.39 is 5.60 Å². The molecular formula is C23H24N6O4S. The van der Waals surface area contributed by atoms with Crippen LogP contribution in [0.25, 0.3) is 22.2 Å². The van der Waals surface area contributed by atoms with Gasteiger partial charge >= 0.3 is 0 Å². The standard InChI is InChI=1S/C23H24N6O4S/c1-13-19(23(31-3)11-32-12-23)34-22(26-13)28-18(30)7-9-25-21-17-10-16(20-27-14(2)33-29-20)5-4-15(17)6-8-24-21/h4-6,8,10H,7,9,11-12H2,1-3H3,(H,24,25)(H,26,28,30). The number of carbonyl (C=O) groups excluding carboxylic acids is 1. The van der Waals surface area contributed by atoms with Gasteiger partial charge in [-0.05, 0) is 24.4 Å². The minimum absolute atomic E-state index is 0.132. The van der Waals surface area contributed by atoms with Crippen LogP contribution in [-0.4, -0.2) is 52.9 Å². The molecule has 4 heterocycles. The molecule has 1 aromatic carbocycles. The number of rotatable bonds is 8. The van der Waals surface area contributed by atoms with Crippen molar-refractivity contribution in [2.45, 2.75) is 25.9 Å². The fraction of sp³-hybridized carbons (Fsp3) is 0.348. The number of aromatic nitrogens is 4. The van der Waals surface area contributed by atoms with Gasteiger partial charge in [0, 0.05) is 44.1 Å². The number of carbonyl (C=O) groups is 1. The van der Waals surface area contributed by atoms with Crippen LogP contribution in [0.4, 0.5) is 10.9 Å². The molecule has 176 valence electrons. The number of nitrogens with one attached hydrogen (secondary N) is 2. The van der Waals surface area contributed by atoms with Crippen molar-refractivity contribution in [3.63, 3.8) is 0 Å². The molecule has 4 aromatic rings. The predicted molar refractivity (Wildman–Crippen MR) is 128 cm³/mol. The molecule has 11 heteroatoms. The molecule has 0 spiro atoms. The van der Waals surface area contributed by atoms with Crippen molar-refractivity contribution < 1.29 is 18.8 Å². The minimum atomic E-state index is -0.453. The molecule has 0 atom stereocenters. The van der Waals surface area contributed by atoms with Gasteiger partial charge in [-0.3, -0.25) is 4.79 Å². The molecule has 0 bridgehead atoms. The number of aryl methyl sites for hydroxylation is 2. The lowest BCUT2D eigenvalue weighted by atomic mass is 9.99. The zero-order chi connectivity index (χ0) is 23.7. The van der Waals surface area contributed by atoms with Crippen molar-refractivity contribution in [2.24, 2.45) is 0 Å². The van der Waals surface area contributed by atoms with Gasteiger partial charge in [-0.2, -0.15) is 4.98 Å². The Hall–Kier alpha value is -3.41. The maximum absolute atomic E-state index is 12.5. The highest BCUT2D eigenvalue weighted by atomic mass is 32.1. The second-order valence-corrected chi connectivity index (χ2v) is 9.08. The van der Waals surface area contributed by atoms with Gasteiger partial charge in [0.25, 0.3) is 0 Å². The number of hydrogen-bond acceptors (Lipinski definition) is 10. The van der Waals surface area contributed by atoms with Gasteiger partial charge in [0.2, 0.25) is 17.6 Å². The number of benzene rings is 1. The summed E-state index contributed by atoms with van der Waals surface area (Å²) in [5.74, 6) is 1.58. The molecule has 1 amide bonds. The van der Waals surface area contributed by atoms with Gasteiger partial charge in [-0.25, -0.2) is 9.97 Å². The summed E-state index contributed by atoms with van der Waals surface area (Å²) in [5.41, 5.74) is 1.22. The van der Waals surface area contributed by atoms with E-state index in [4.69, 9.17) is 14.0 Å². The van der Waals surface area contributed by atoms with Crippen LogP contribution >= 0.6 is 11.3 Å². The summed E-state index contributed by atoms with van der Waals surface area (Å²) in [4.78, 5) is 26.8. The molecule has 34 heavy (non-hydrogen) atoms. The molecule has 0 unspecified atom stereocenters. The van der Waals surface area contributed by atoms with Gasteiger partial charge in [-0.15, -0.1) is 0 Å². The van der Waals surface area contributed by atoms with Gasteiger partial charge in [0.05, 0.1) is 23.8 Å². The van der Waals surface area contributed by atoms with Crippen LogP contribution in [0.3, 0.4) is 0 Å². The zero-order valence-corrected chi connectivity index (χ0v) is 19.9. The molecule has 1 aliphatic heterocycles. The average molecular weight is 481 g/mol. The summed E-state index contributed by atoms with van der Waals surface area (Å²) >= 11 is 1.43. The van der Waals surface area contributed by atoms with Crippen LogP contribution in [-0.2, 0) is 19.9 Å². The largest absolute Gasteiger partial charge is 0.374 e. The molecule has 1 aliphatic rings. The Morgan fingerprint density at radius 1 is 1.24 bits per heavy atom. The van der Waals surface area contributed by atoms with Crippen LogP contribution in [0.1, 0.15) is 22.9 Å². The lowest BCUT2D eigenvalue weighted by molar-refractivity contribution is -0.201. The fourth-order valence-electron chi connectivity index (χ4n) is 3.84. The Bertz CT molecular complexity index is 1340. The van der Waals surface area contributed by atoms with E-state index in [-0.39, 0.29) is 12.3 Å². The van der Waals surface area contributed by atoms with E-state index >= 15 is 0 Å². The highest BCUT2D eigenvalue weighted by molar-refractivity contribution is 7.16. The van der Waals surface area contributed by atoms with E-state index in [9.17, 15) is 4.79 Å². The summed E-state index contributed by atoms with van der Waals surface area (Å²) in [6, 6.07) is 7.82. The molecule has 0 aliphatic carbocycles.